The van der Waals surface area contributed by atoms with E-state index in [-0.39, 0.29) is 23.8 Å². The van der Waals surface area contributed by atoms with Gasteiger partial charge in [-0.25, -0.2) is 13.1 Å². The minimum absolute atomic E-state index is 0.0635. The van der Waals surface area contributed by atoms with Crippen molar-refractivity contribution in [2.45, 2.75) is 45.0 Å². The lowest BCUT2D eigenvalue weighted by Crippen LogP contribution is -2.44. The summed E-state index contributed by atoms with van der Waals surface area (Å²) in [4.78, 5) is 4.26. The number of ether oxygens (including phenoxy) is 1. The van der Waals surface area contributed by atoms with Gasteiger partial charge >= 0.3 is 0 Å². The molecule has 0 bridgehead atoms. The van der Waals surface area contributed by atoms with Gasteiger partial charge in [-0.05, 0) is 37.8 Å². The lowest BCUT2D eigenvalue weighted by molar-refractivity contribution is 0.127. The largest absolute Gasteiger partial charge is 0.396 e. The molecule has 164 valence electrons. The van der Waals surface area contributed by atoms with E-state index < -0.39 is 10.0 Å². The van der Waals surface area contributed by atoms with E-state index in [2.05, 4.69) is 20.3 Å². The minimum Gasteiger partial charge on any atom is -0.396 e. The van der Waals surface area contributed by atoms with Gasteiger partial charge in [-0.3, -0.25) is 4.99 Å². The van der Waals surface area contributed by atoms with Crippen molar-refractivity contribution >= 4 is 16.0 Å². The average Bonchev–Trinajstić information content (AvgIpc) is 3.10. The zero-order valence-corrected chi connectivity index (χ0v) is 18.4. The van der Waals surface area contributed by atoms with Gasteiger partial charge in [-0.15, -0.1) is 0 Å². The predicted octanol–water partition coefficient (Wildman–Crippen LogP) is 0.969. The van der Waals surface area contributed by atoms with Crippen molar-refractivity contribution in [3.8, 4) is 0 Å². The average molecular weight is 427 g/mol. The predicted molar refractivity (Wildman–Crippen MR) is 115 cm³/mol. The number of hydrogen-bond donors (Lipinski definition) is 4. The number of aliphatic hydroxyl groups excluding tert-OH is 1. The van der Waals surface area contributed by atoms with Crippen LogP contribution in [-0.4, -0.2) is 58.9 Å². The lowest BCUT2D eigenvalue weighted by atomic mass is 9.84. The van der Waals surface area contributed by atoms with Gasteiger partial charge in [0.25, 0.3) is 0 Å². The van der Waals surface area contributed by atoms with E-state index in [1.54, 1.807) is 20.9 Å². The molecule has 1 aliphatic rings. The van der Waals surface area contributed by atoms with Crippen LogP contribution in [0.1, 0.15) is 37.8 Å². The molecule has 1 aliphatic heterocycles. The molecule has 1 unspecified atom stereocenters. The maximum atomic E-state index is 12.3. The molecule has 4 N–H and O–H groups in total. The number of hydrogen-bond acceptors (Lipinski definition) is 5. The molecule has 1 fully saturated rings. The molecule has 0 aliphatic carbocycles. The van der Waals surface area contributed by atoms with Crippen molar-refractivity contribution in [2.75, 3.05) is 33.4 Å². The Hall–Kier alpha value is -1.68. The molecule has 1 heterocycles. The molecule has 2 rings (SSSR count). The van der Waals surface area contributed by atoms with Crippen LogP contribution in [0.25, 0.3) is 0 Å². The molecule has 0 spiro atoms. The van der Waals surface area contributed by atoms with Gasteiger partial charge in [-0.2, -0.15) is 0 Å². The summed E-state index contributed by atoms with van der Waals surface area (Å²) in [5.41, 5.74) is 1.57. The summed E-state index contributed by atoms with van der Waals surface area (Å²) < 4.78 is 32.8. The van der Waals surface area contributed by atoms with Gasteiger partial charge in [0, 0.05) is 44.8 Å². The third-order valence-electron chi connectivity index (χ3n) is 5.01. The molecule has 9 heteroatoms. The molecule has 0 aromatic heterocycles. The first-order valence-electron chi connectivity index (χ1n) is 9.99. The summed E-state index contributed by atoms with van der Waals surface area (Å²) in [6, 6.07) is 7.34. The number of nitrogens with zero attached hydrogens (tertiary/aromatic N) is 1. The Morgan fingerprint density at radius 3 is 2.59 bits per heavy atom. The molecule has 1 saturated heterocycles. The highest BCUT2D eigenvalue weighted by atomic mass is 32.2. The molecule has 8 nitrogen and oxygen atoms in total. The van der Waals surface area contributed by atoms with Crippen LogP contribution in [-0.2, 0) is 27.1 Å². The third kappa shape index (κ3) is 7.58. The first-order valence-corrected chi connectivity index (χ1v) is 11.6. The zero-order valence-electron chi connectivity index (χ0n) is 17.6. The van der Waals surface area contributed by atoms with Gasteiger partial charge in [0.15, 0.2) is 5.96 Å². The van der Waals surface area contributed by atoms with Crippen molar-refractivity contribution in [3.63, 3.8) is 0 Å². The summed E-state index contributed by atoms with van der Waals surface area (Å²) in [6.07, 6.45) is 1.58. The van der Waals surface area contributed by atoms with Crippen LogP contribution in [0, 0.1) is 5.41 Å². The second-order valence-electron chi connectivity index (χ2n) is 7.86. The second kappa shape index (κ2) is 10.9. The minimum atomic E-state index is -3.40. The third-order valence-corrected chi connectivity index (χ3v) is 6.53. The van der Waals surface area contributed by atoms with Crippen LogP contribution >= 0.6 is 0 Å². The number of benzene rings is 1. The standard InChI is InChI=1S/C20H34N4O4S/c1-16(2)24-29(26,27)13-18-7-5-4-6-17(18)12-22-19(21-3)23-14-20(8-10-25)9-11-28-15-20/h4-7,16,24-25H,8-15H2,1-3H3,(H2,21,22,23). The van der Waals surface area contributed by atoms with Crippen LogP contribution in [0.3, 0.4) is 0 Å². The molecule has 1 aromatic rings. The SMILES string of the molecule is CN=C(NCc1ccccc1CS(=O)(=O)NC(C)C)NCC1(CCO)CCOC1. The highest BCUT2D eigenvalue weighted by Crippen LogP contribution is 2.31. The maximum Gasteiger partial charge on any atom is 0.216 e. The fourth-order valence-corrected chi connectivity index (χ4v) is 4.95. The van der Waals surface area contributed by atoms with Crippen molar-refractivity contribution < 1.29 is 18.3 Å². The van der Waals surface area contributed by atoms with E-state index in [4.69, 9.17) is 4.74 Å². The Morgan fingerprint density at radius 1 is 1.28 bits per heavy atom. The fraction of sp³-hybridized carbons (Fsp3) is 0.650. The monoisotopic (exact) mass is 426 g/mol. The van der Waals surface area contributed by atoms with Crippen LogP contribution in [0.2, 0.25) is 0 Å². The van der Waals surface area contributed by atoms with Crippen molar-refractivity contribution in [3.05, 3.63) is 35.4 Å². The Kier molecular flexibility index (Phi) is 8.88. The van der Waals surface area contributed by atoms with E-state index in [1.807, 2.05) is 24.3 Å². The number of aliphatic hydroxyl groups is 1. The van der Waals surface area contributed by atoms with Gasteiger partial charge < -0.3 is 20.5 Å². The zero-order chi connectivity index (χ0) is 21.3. The van der Waals surface area contributed by atoms with E-state index in [0.29, 0.717) is 38.7 Å². The van der Waals surface area contributed by atoms with Gasteiger partial charge in [-0.1, -0.05) is 24.3 Å². The summed E-state index contributed by atoms with van der Waals surface area (Å²) in [5, 5.41) is 15.9. The van der Waals surface area contributed by atoms with E-state index in [0.717, 1.165) is 17.5 Å². The Balaban J connectivity index is 1.97. The van der Waals surface area contributed by atoms with Gasteiger partial charge in [0.05, 0.1) is 12.4 Å². The molecule has 1 atom stereocenters. The molecular formula is C20H34N4O4S. The Labute approximate surface area is 174 Å². The molecule has 0 radical (unpaired) electrons. The number of nitrogens with one attached hydrogen (secondary N) is 3. The van der Waals surface area contributed by atoms with E-state index in [1.165, 1.54) is 0 Å². The number of guanidine groups is 1. The fourth-order valence-electron chi connectivity index (χ4n) is 3.46. The highest BCUT2D eigenvalue weighted by molar-refractivity contribution is 7.88. The quantitative estimate of drug-likeness (QED) is 0.328. The molecule has 0 saturated carbocycles. The second-order valence-corrected chi connectivity index (χ2v) is 9.61. The van der Waals surface area contributed by atoms with Crippen molar-refractivity contribution in [2.24, 2.45) is 10.4 Å². The van der Waals surface area contributed by atoms with Crippen LogP contribution in [0.5, 0.6) is 0 Å². The van der Waals surface area contributed by atoms with Crippen molar-refractivity contribution in [1.82, 2.24) is 15.4 Å². The smallest absolute Gasteiger partial charge is 0.216 e. The van der Waals surface area contributed by atoms with Gasteiger partial charge in [0.1, 0.15) is 0 Å². The molecule has 0 amide bonds. The summed E-state index contributed by atoms with van der Waals surface area (Å²) in [7, 11) is -1.70. The topological polar surface area (TPSA) is 112 Å². The number of aliphatic imine (C=N–C) groups is 1. The first-order chi connectivity index (χ1) is 13.8. The molecule has 1 aromatic carbocycles. The molecule has 29 heavy (non-hydrogen) atoms. The van der Waals surface area contributed by atoms with Crippen molar-refractivity contribution in [1.29, 1.82) is 0 Å². The lowest BCUT2D eigenvalue weighted by Gasteiger charge is -2.27. The Morgan fingerprint density at radius 2 is 2.00 bits per heavy atom. The highest BCUT2D eigenvalue weighted by Gasteiger charge is 2.34. The van der Waals surface area contributed by atoms with Gasteiger partial charge in [0.2, 0.25) is 10.0 Å². The first kappa shape index (κ1) is 23.6. The summed E-state index contributed by atoms with van der Waals surface area (Å²) >= 11 is 0. The molecular weight excluding hydrogens is 392 g/mol. The Bertz CT molecular complexity index is 774. The van der Waals surface area contributed by atoms with Crippen LogP contribution in [0.15, 0.2) is 29.3 Å². The number of sulfonamides is 1. The van der Waals surface area contributed by atoms with E-state index >= 15 is 0 Å². The van der Waals surface area contributed by atoms with Crippen LogP contribution in [0.4, 0.5) is 0 Å². The number of rotatable bonds is 10. The maximum absolute atomic E-state index is 12.3. The summed E-state index contributed by atoms with van der Waals surface area (Å²) in [5.74, 6) is 0.568. The van der Waals surface area contributed by atoms with E-state index in [9.17, 15) is 13.5 Å². The summed E-state index contributed by atoms with van der Waals surface area (Å²) in [6.45, 7) is 6.18. The van der Waals surface area contributed by atoms with Crippen LogP contribution < -0.4 is 15.4 Å². The normalized spacial score (nSPS) is 20.2.